The summed E-state index contributed by atoms with van der Waals surface area (Å²) in [6.45, 7) is 3.02. The Labute approximate surface area is 135 Å². The summed E-state index contributed by atoms with van der Waals surface area (Å²) in [5.41, 5.74) is 0.517. The van der Waals surface area contributed by atoms with Crippen molar-refractivity contribution < 1.29 is 14.3 Å². The predicted octanol–water partition coefficient (Wildman–Crippen LogP) is 1.89. The normalized spacial score (nSPS) is 25.7. The molecule has 2 aliphatic rings. The third kappa shape index (κ3) is 2.93. The van der Waals surface area contributed by atoms with Gasteiger partial charge in [-0.15, -0.1) is 0 Å². The van der Waals surface area contributed by atoms with Gasteiger partial charge in [0.15, 0.2) is 0 Å². The van der Waals surface area contributed by atoms with Crippen LogP contribution in [0.25, 0.3) is 0 Å². The van der Waals surface area contributed by atoms with Crippen molar-refractivity contribution in [2.75, 3.05) is 40.4 Å². The third-order valence-electron chi connectivity index (χ3n) is 4.44. The van der Waals surface area contributed by atoms with Crippen molar-refractivity contribution in [2.45, 2.75) is 18.6 Å². The van der Waals surface area contributed by atoms with Crippen molar-refractivity contribution in [1.82, 2.24) is 9.80 Å². The lowest BCUT2D eigenvalue weighted by atomic mass is 9.98. The summed E-state index contributed by atoms with van der Waals surface area (Å²) < 4.78 is 11.2. The number of nitrogens with zero attached hydrogens (tertiary/aromatic N) is 2. The summed E-state index contributed by atoms with van der Waals surface area (Å²) in [5.74, 6) is 0.523. The SMILES string of the molecule is COc1ccc(Cl)cc1C(=O)N1CCO[C@@H]2CCN(C)C[C@H]21. The highest BCUT2D eigenvalue weighted by Gasteiger charge is 2.39. The molecule has 1 aromatic carbocycles. The summed E-state index contributed by atoms with van der Waals surface area (Å²) in [6, 6.07) is 5.23. The smallest absolute Gasteiger partial charge is 0.258 e. The number of hydrogen-bond acceptors (Lipinski definition) is 4. The Bertz CT molecular complexity index is 566. The molecular formula is C16H21ClN2O3. The van der Waals surface area contributed by atoms with Gasteiger partial charge in [0.05, 0.1) is 31.4 Å². The van der Waals surface area contributed by atoms with Gasteiger partial charge < -0.3 is 19.3 Å². The van der Waals surface area contributed by atoms with Gasteiger partial charge in [0.1, 0.15) is 5.75 Å². The third-order valence-corrected chi connectivity index (χ3v) is 4.68. The minimum atomic E-state index is -0.0343. The first-order valence-corrected chi connectivity index (χ1v) is 7.92. The van der Waals surface area contributed by atoms with Crippen molar-refractivity contribution in [3.05, 3.63) is 28.8 Å². The van der Waals surface area contributed by atoms with Gasteiger partial charge in [-0.2, -0.15) is 0 Å². The van der Waals surface area contributed by atoms with E-state index in [9.17, 15) is 4.79 Å². The van der Waals surface area contributed by atoms with E-state index in [4.69, 9.17) is 21.1 Å². The fourth-order valence-corrected chi connectivity index (χ4v) is 3.46. The van der Waals surface area contributed by atoms with Crippen LogP contribution in [0.5, 0.6) is 5.75 Å². The molecule has 0 saturated carbocycles. The first-order chi connectivity index (χ1) is 10.6. The van der Waals surface area contributed by atoms with Crippen molar-refractivity contribution in [1.29, 1.82) is 0 Å². The van der Waals surface area contributed by atoms with Gasteiger partial charge in [-0.3, -0.25) is 4.79 Å². The van der Waals surface area contributed by atoms with Gasteiger partial charge in [-0.1, -0.05) is 11.6 Å². The highest BCUT2D eigenvalue weighted by Crippen LogP contribution is 2.28. The van der Waals surface area contributed by atoms with Crippen molar-refractivity contribution in [2.24, 2.45) is 0 Å². The molecule has 0 bridgehead atoms. The van der Waals surface area contributed by atoms with E-state index in [1.165, 1.54) is 0 Å². The van der Waals surface area contributed by atoms with Crippen molar-refractivity contribution in [3.8, 4) is 5.75 Å². The number of amides is 1. The lowest BCUT2D eigenvalue weighted by Gasteiger charge is -2.46. The topological polar surface area (TPSA) is 42.0 Å². The summed E-state index contributed by atoms with van der Waals surface area (Å²) >= 11 is 6.06. The zero-order valence-electron chi connectivity index (χ0n) is 12.9. The monoisotopic (exact) mass is 324 g/mol. The predicted molar refractivity (Wildman–Crippen MR) is 84.7 cm³/mol. The van der Waals surface area contributed by atoms with Crippen LogP contribution in [0.1, 0.15) is 16.8 Å². The Hall–Kier alpha value is -1.30. The molecule has 0 radical (unpaired) electrons. The van der Waals surface area contributed by atoms with Crippen LogP contribution in [0, 0.1) is 0 Å². The van der Waals surface area contributed by atoms with Crippen LogP contribution in [-0.4, -0.2) is 68.3 Å². The molecule has 1 aromatic rings. The van der Waals surface area contributed by atoms with E-state index >= 15 is 0 Å². The van der Waals surface area contributed by atoms with Gasteiger partial charge >= 0.3 is 0 Å². The molecule has 0 aliphatic carbocycles. The number of morpholine rings is 1. The van der Waals surface area contributed by atoms with Crippen molar-refractivity contribution in [3.63, 3.8) is 0 Å². The van der Waals surface area contributed by atoms with Gasteiger partial charge in [0.2, 0.25) is 0 Å². The summed E-state index contributed by atoms with van der Waals surface area (Å²) in [4.78, 5) is 17.2. The molecule has 3 rings (SSSR count). The van der Waals surface area contributed by atoms with E-state index in [0.717, 1.165) is 19.5 Å². The Morgan fingerprint density at radius 3 is 3.00 bits per heavy atom. The maximum absolute atomic E-state index is 13.0. The highest BCUT2D eigenvalue weighted by molar-refractivity contribution is 6.31. The van der Waals surface area contributed by atoms with Crippen LogP contribution < -0.4 is 4.74 Å². The molecule has 120 valence electrons. The average molecular weight is 325 g/mol. The zero-order valence-corrected chi connectivity index (χ0v) is 13.7. The van der Waals surface area contributed by atoms with E-state index in [1.807, 2.05) is 4.90 Å². The molecule has 6 heteroatoms. The Balaban J connectivity index is 1.88. The molecule has 0 spiro atoms. The van der Waals surface area contributed by atoms with E-state index < -0.39 is 0 Å². The molecule has 0 aromatic heterocycles. The van der Waals surface area contributed by atoms with E-state index in [-0.39, 0.29) is 18.1 Å². The standard InChI is InChI=1S/C16H21ClN2O3/c1-18-6-5-15-13(10-18)19(7-8-22-15)16(20)12-9-11(17)3-4-14(12)21-2/h3-4,9,13,15H,5-8,10H2,1-2H3/t13-,15-/m1/s1. The second-order valence-corrected chi connectivity index (χ2v) is 6.31. The fraction of sp³-hybridized carbons (Fsp3) is 0.562. The lowest BCUT2D eigenvalue weighted by Crippen LogP contribution is -2.60. The number of carbonyl (C=O) groups is 1. The highest BCUT2D eigenvalue weighted by atomic mass is 35.5. The Morgan fingerprint density at radius 2 is 2.23 bits per heavy atom. The number of carbonyl (C=O) groups excluding carboxylic acids is 1. The number of likely N-dealkylation sites (N-methyl/N-ethyl adjacent to an activating group) is 1. The molecule has 0 N–H and O–H groups in total. The molecule has 2 atom stereocenters. The molecule has 2 fully saturated rings. The molecule has 2 saturated heterocycles. The molecule has 2 aliphatic heterocycles. The van der Waals surface area contributed by atoms with E-state index in [1.54, 1.807) is 25.3 Å². The number of ether oxygens (including phenoxy) is 2. The Kier molecular flexibility index (Phi) is 4.57. The summed E-state index contributed by atoms with van der Waals surface area (Å²) in [6.07, 6.45) is 1.08. The van der Waals surface area contributed by atoms with E-state index in [0.29, 0.717) is 29.5 Å². The van der Waals surface area contributed by atoms with Crippen LogP contribution in [0.4, 0.5) is 0 Å². The van der Waals surface area contributed by atoms with Gasteiger partial charge in [0.25, 0.3) is 5.91 Å². The van der Waals surface area contributed by atoms with E-state index in [2.05, 4.69) is 11.9 Å². The van der Waals surface area contributed by atoms with Crippen LogP contribution in [0.3, 0.4) is 0 Å². The minimum Gasteiger partial charge on any atom is -0.496 e. The number of hydrogen-bond donors (Lipinski definition) is 0. The van der Waals surface area contributed by atoms with Crippen LogP contribution in [-0.2, 0) is 4.74 Å². The molecular weight excluding hydrogens is 304 g/mol. The number of fused-ring (bicyclic) bond motifs is 1. The minimum absolute atomic E-state index is 0.0343. The molecule has 5 nitrogen and oxygen atoms in total. The first kappa shape index (κ1) is 15.6. The maximum atomic E-state index is 13.0. The average Bonchev–Trinajstić information content (AvgIpc) is 2.53. The largest absolute Gasteiger partial charge is 0.496 e. The second-order valence-electron chi connectivity index (χ2n) is 5.87. The molecule has 2 heterocycles. The van der Waals surface area contributed by atoms with Gasteiger partial charge in [-0.25, -0.2) is 0 Å². The first-order valence-electron chi connectivity index (χ1n) is 7.55. The lowest BCUT2D eigenvalue weighted by molar-refractivity contribution is -0.0870. The maximum Gasteiger partial charge on any atom is 0.258 e. The number of methoxy groups -OCH3 is 1. The van der Waals surface area contributed by atoms with Gasteiger partial charge in [-0.05, 0) is 31.7 Å². The van der Waals surface area contributed by atoms with Crippen LogP contribution in [0.2, 0.25) is 5.02 Å². The quantitative estimate of drug-likeness (QED) is 0.833. The fourth-order valence-electron chi connectivity index (χ4n) is 3.28. The number of benzene rings is 1. The van der Waals surface area contributed by atoms with Gasteiger partial charge in [0, 0.05) is 24.7 Å². The number of piperidine rings is 1. The molecule has 1 amide bonds. The summed E-state index contributed by atoms with van der Waals surface area (Å²) in [7, 11) is 3.64. The Morgan fingerprint density at radius 1 is 1.41 bits per heavy atom. The van der Waals surface area contributed by atoms with Crippen LogP contribution >= 0.6 is 11.6 Å². The summed E-state index contributed by atoms with van der Waals surface area (Å²) in [5, 5.41) is 0.537. The number of likely N-dealkylation sites (tertiary alicyclic amines) is 1. The number of halogens is 1. The number of rotatable bonds is 2. The zero-order chi connectivity index (χ0) is 15.7. The van der Waals surface area contributed by atoms with Crippen molar-refractivity contribution >= 4 is 17.5 Å². The molecule has 22 heavy (non-hydrogen) atoms. The molecule has 0 unspecified atom stereocenters. The second kappa shape index (κ2) is 6.44. The van der Waals surface area contributed by atoms with Crippen LogP contribution in [0.15, 0.2) is 18.2 Å².